The molecule has 11 heteroatoms. The summed E-state index contributed by atoms with van der Waals surface area (Å²) in [5.74, 6) is 0.285. The van der Waals surface area contributed by atoms with Gasteiger partial charge in [-0.15, -0.1) is 0 Å². The molecule has 0 saturated carbocycles. The lowest BCUT2D eigenvalue weighted by molar-refractivity contribution is 0.476. The molecule has 8 nitrogen and oxygen atoms in total. The van der Waals surface area contributed by atoms with Gasteiger partial charge < -0.3 is 4.90 Å². The first-order chi connectivity index (χ1) is 15.5. The van der Waals surface area contributed by atoms with Crippen molar-refractivity contribution in [2.45, 2.75) is 38.0 Å². The third kappa shape index (κ3) is 6.01. The highest BCUT2D eigenvalue weighted by molar-refractivity contribution is 7.92. The molecule has 0 atom stereocenters. The molecule has 0 spiro atoms. The monoisotopic (exact) mass is 498 g/mol. The van der Waals surface area contributed by atoms with E-state index in [9.17, 15) is 21.2 Å². The number of benzene rings is 1. The molecule has 0 aliphatic carbocycles. The summed E-state index contributed by atoms with van der Waals surface area (Å²) in [6, 6.07) is 9.22. The standard InChI is InChI=1S/C22H31FN4O4S2/c1-4-15-32(28,29)27(17-18-5-7-19(23)8-6-18)20-9-10-22(24-16-20)26-13-11-21(12-14-26)33(30,31)25(2)3/h5-10,16,21H,4,11-15,17H2,1-3H3. The molecule has 1 aromatic heterocycles. The molecule has 33 heavy (non-hydrogen) atoms. The van der Waals surface area contributed by atoms with Crippen molar-refractivity contribution >= 4 is 31.6 Å². The average molecular weight is 499 g/mol. The average Bonchev–Trinajstić information content (AvgIpc) is 2.78. The molecular weight excluding hydrogens is 467 g/mol. The normalized spacial score (nSPS) is 15.7. The molecule has 1 aromatic carbocycles. The van der Waals surface area contributed by atoms with E-state index in [4.69, 9.17) is 0 Å². The minimum Gasteiger partial charge on any atom is -0.357 e. The highest BCUT2D eigenvalue weighted by atomic mass is 32.2. The zero-order valence-electron chi connectivity index (χ0n) is 19.2. The highest BCUT2D eigenvalue weighted by Crippen LogP contribution is 2.27. The van der Waals surface area contributed by atoms with Gasteiger partial charge in [-0.1, -0.05) is 19.1 Å². The predicted molar refractivity (Wildman–Crippen MR) is 129 cm³/mol. The summed E-state index contributed by atoms with van der Waals surface area (Å²) < 4.78 is 66.4. The highest BCUT2D eigenvalue weighted by Gasteiger charge is 2.32. The predicted octanol–water partition coefficient (Wildman–Crippen LogP) is 2.83. The van der Waals surface area contributed by atoms with Gasteiger partial charge in [0, 0.05) is 27.2 Å². The molecule has 0 unspecified atom stereocenters. The van der Waals surface area contributed by atoms with Crippen LogP contribution in [0.4, 0.5) is 15.9 Å². The van der Waals surface area contributed by atoms with Crippen LogP contribution in [0.5, 0.6) is 0 Å². The van der Waals surface area contributed by atoms with Crippen molar-refractivity contribution in [3.8, 4) is 0 Å². The molecule has 0 amide bonds. The van der Waals surface area contributed by atoms with E-state index in [1.165, 1.54) is 26.9 Å². The summed E-state index contributed by atoms with van der Waals surface area (Å²) in [7, 11) is -3.78. The van der Waals surface area contributed by atoms with Crippen LogP contribution in [0.1, 0.15) is 31.7 Å². The molecule has 1 saturated heterocycles. The Bertz CT molecular complexity index is 1130. The van der Waals surface area contributed by atoms with Gasteiger partial charge in [0.2, 0.25) is 20.0 Å². The van der Waals surface area contributed by atoms with E-state index in [0.29, 0.717) is 49.4 Å². The molecule has 1 aliphatic rings. The summed E-state index contributed by atoms with van der Waals surface area (Å²) >= 11 is 0. The second kappa shape index (κ2) is 10.4. The van der Waals surface area contributed by atoms with E-state index in [0.717, 1.165) is 0 Å². The van der Waals surface area contributed by atoms with Gasteiger partial charge in [-0.2, -0.15) is 0 Å². The number of rotatable bonds is 9. The van der Waals surface area contributed by atoms with Crippen molar-refractivity contribution in [1.29, 1.82) is 0 Å². The van der Waals surface area contributed by atoms with Crippen LogP contribution >= 0.6 is 0 Å². The van der Waals surface area contributed by atoms with Gasteiger partial charge in [0.25, 0.3) is 0 Å². The van der Waals surface area contributed by atoms with E-state index >= 15 is 0 Å². The number of piperidine rings is 1. The van der Waals surface area contributed by atoms with E-state index < -0.39 is 25.3 Å². The fraction of sp³-hybridized carbons (Fsp3) is 0.500. The quantitative estimate of drug-likeness (QED) is 0.528. The number of nitrogens with zero attached hydrogens (tertiary/aromatic N) is 4. The number of hydrogen-bond donors (Lipinski definition) is 0. The number of sulfonamides is 2. The Morgan fingerprint density at radius 3 is 2.18 bits per heavy atom. The first-order valence-corrected chi connectivity index (χ1v) is 14.0. The lowest BCUT2D eigenvalue weighted by atomic mass is 10.1. The summed E-state index contributed by atoms with van der Waals surface area (Å²) in [5, 5.41) is -0.409. The molecule has 2 heterocycles. The number of aromatic nitrogens is 1. The minimum atomic E-state index is -3.59. The first kappa shape index (κ1) is 25.4. The van der Waals surface area contributed by atoms with Crippen LogP contribution in [0.25, 0.3) is 0 Å². The number of hydrogen-bond acceptors (Lipinski definition) is 6. The third-order valence-electron chi connectivity index (χ3n) is 5.75. The molecule has 0 bridgehead atoms. The maximum Gasteiger partial charge on any atom is 0.235 e. The van der Waals surface area contributed by atoms with Crippen LogP contribution in [-0.2, 0) is 26.6 Å². The smallest absolute Gasteiger partial charge is 0.235 e. The fourth-order valence-electron chi connectivity index (χ4n) is 3.87. The van der Waals surface area contributed by atoms with Gasteiger partial charge in [0.1, 0.15) is 11.6 Å². The molecule has 3 rings (SSSR count). The SMILES string of the molecule is CCCS(=O)(=O)N(Cc1ccc(F)cc1)c1ccc(N2CCC(S(=O)(=O)N(C)C)CC2)nc1. The van der Waals surface area contributed by atoms with Crippen LogP contribution in [0.3, 0.4) is 0 Å². The molecule has 182 valence electrons. The van der Waals surface area contributed by atoms with Gasteiger partial charge in [-0.3, -0.25) is 4.31 Å². The number of halogens is 1. The van der Waals surface area contributed by atoms with Crippen LogP contribution in [-0.4, -0.2) is 64.3 Å². The molecule has 1 fully saturated rings. The summed E-state index contributed by atoms with van der Waals surface area (Å²) in [4.78, 5) is 6.49. The lowest BCUT2D eigenvalue weighted by Gasteiger charge is -2.33. The van der Waals surface area contributed by atoms with Crippen LogP contribution in [0, 0.1) is 5.82 Å². The Morgan fingerprint density at radius 1 is 1.03 bits per heavy atom. The van der Waals surface area contributed by atoms with Gasteiger partial charge >= 0.3 is 0 Å². The van der Waals surface area contributed by atoms with E-state index in [2.05, 4.69) is 4.98 Å². The Kier molecular flexibility index (Phi) is 7.96. The molecule has 0 N–H and O–H groups in total. The van der Waals surface area contributed by atoms with Gasteiger partial charge in [0.05, 0.1) is 29.4 Å². The zero-order chi connectivity index (χ0) is 24.2. The van der Waals surface area contributed by atoms with E-state index in [1.54, 1.807) is 45.3 Å². The van der Waals surface area contributed by atoms with Crippen molar-refractivity contribution in [1.82, 2.24) is 9.29 Å². The summed E-state index contributed by atoms with van der Waals surface area (Å²) in [5.41, 5.74) is 1.10. The first-order valence-electron chi connectivity index (χ1n) is 10.9. The van der Waals surface area contributed by atoms with E-state index in [1.807, 2.05) is 4.90 Å². The number of pyridine rings is 1. The summed E-state index contributed by atoms with van der Waals surface area (Å²) in [6.07, 6.45) is 3.00. The maximum absolute atomic E-state index is 13.3. The van der Waals surface area contributed by atoms with Crippen molar-refractivity contribution in [3.63, 3.8) is 0 Å². The molecule has 1 aliphatic heterocycles. The van der Waals surface area contributed by atoms with Crippen LogP contribution in [0.2, 0.25) is 0 Å². The Labute approximate surface area is 196 Å². The number of anilines is 2. The maximum atomic E-state index is 13.3. The molecule has 2 aromatic rings. The van der Waals surface area contributed by atoms with E-state index in [-0.39, 0.29) is 18.1 Å². The molecular formula is C22H31FN4O4S2. The topological polar surface area (TPSA) is 90.9 Å². The van der Waals surface area contributed by atoms with Gasteiger partial charge in [-0.25, -0.2) is 30.5 Å². The lowest BCUT2D eigenvalue weighted by Crippen LogP contribution is -2.43. The van der Waals surface area contributed by atoms with Crippen LogP contribution < -0.4 is 9.21 Å². The fourth-order valence-corrected chi connectivity index (χ4v) is 6.78. The Morgan fingerprint density at radius 2 is 1.67 bits per heavy atom. The largest absolute Gasteiger partial charge is 0.357 e. The van der Waals surface area contributed by atoms with Crippen LogP contribution in [0.15, 0.2) is 42.6 Å². The Hall–Kier alpha value is -2.24. The Balaban J connectivity index is 1.77. The van der Waals surface area contributed by atoms with Crippen molar-refractivity contribution < 1.29 is 21.2 Å². The summed E-state index contributed by atoms with van der Waals surface area (Å²) in [6.45, 7) is 2.99. The van der Waals surface area contributed by atoms with Gasteiger partial charge in [-0.05, 0) is 49.1 Å². The minimum absolute atomic E-state index is 0.0101. The zero-order valence-corrected chi connectivity index (χ0v) is 20.8. The van der Waals surface area contributed by atoms with Crippen molar-refractivity contribution in [2.75, 3.05) is 42.1 Å². The second-order valence-electron chi connectivity index (χ2n) is 8.34. The van der Waals surface area contributed by atoms with Crippen molar-refractivity contribution in [3.05, 3.63) is 54.0 Å². The third-order valence-corrected chi connectivity index (χ3v) is 10.0. The van der Waals surface area contributed by atoms with Crippen molar-refractivity contribution in [2.24, 2.45) is 0 Å². The molecule has 0 radical (unpaired) electrons. The van der Waals surface area contributed by atoms with Gasteiger partial charge in [0.15, 0.2) is 0 Å². The second-order valence-corrected chi connectivity index (χ2v) is 12.8.